The van der Waals surface area contributed by atoms with Crippen molar-refractivity contribution in [2.75, 3.05) is 0 Å². The molecular weight excluding hydrogens is 188 g/mol. The van der Waals surface area contributed by atoms with Gasteiger partial charge >= 0.3 is 0 Å². The third-order valence-corrected chi connectivity index (χ3v) is 3.00. The summed E-state index contributed by atoms with van der Waals surface area (Å²) in [4.78, 5) is 0. The average Bonchev–Trinajstić information content (AvgIpc) is 2.65. The Bertz CT molecular complexity index is 322. The molecule has 15 heavy (non-hydrogen) atoms. The first kappa shape index (κ1) is 10.5. The first-order valence-corrected chi connectivity index (χ1v) is 5.72. The maximum Gasteiger partial charge on any atom is 0.122 e. The maximum atomic E-state index is 9.42. The summed E-state index contributed by atoms with van der Waals surface area (Å²) in [5, 5.41) is 9.42. The van der Waals surface area contributed by atoms with Crippen molar-refractivity contribution >= 4 is 0 Å². The van der Waals surface area contributed by atoms with E-state index in [0.29, 0.717) is 0 Å². The number of ether oxygens (including phenoxy) is 1. The second-order valence-corrected chi connectivity index (χ2v) is 4.17. The Labute approximate surface area is 90.9 Å². The first-order valence-electron chi connectivity index (χ1n) is 5.72. The van der Waals surface area contributed by atoms with Gasteiger partial charge in [0.25, 0.3) is 0 Å². The molecule has 1 N–H and O–H groups in total. The summed E-state index contributed by atoms with van der Waals surface area (Å²) in [5.74, 6) is 0.985. The van der Waals surface area contributed by atoms with Crippen molar-refractivity contribution in [2.45, 2.75) is 44.8 Å². The fourth-order valence-corrected chi connectivity index (χ4v) is 2.11. The number of para-hydroxylation sites is 1. The highest BCUT2D eigenvalue weighted by molar-refractivity contribution is 5.33. The maximum absolute atomic E-state index is 9.42. The molecule has 1 aliphatic rings. The Morgan fingerprint density at radius 1 is 1.33 bits per heavy atom. The van der Waals surface area contributed by atoms with Gasteiger partial charge in [-0.15, -0.1) is 0 Å². The molecule has 2 rings (SSSR count). The molecular formula is C13H18O2. The highest BCUT2D eigenvalue weighted by atomic mass is 16.5. The van der Waals surface area contributed by atoms with Crippen LogP contribution in [-0.4, -0.2) is 17.3 Å². The van der Waals surface area contributed by atoms with Gasteiger partial charge < -0.3 is 9.84 Å². The van der Waals surface area contributed by atoms with Crippen LogP contribution in [0.25, 0.3) is 0 Å². The van der Waals surface area contributed by atoms with Crippen molar-refractivity contribution in [1.29, 1.82) is 0 Å². The van der Waals surface area contributed by atoms with Gasteiger partial charge in [0.2, 0.25) is 0 Å². The summed E-state index contributed by atoms with van der Waals surface area (Å²) in [6, 6.07) is 8.15. The minimum atomic E-state index is -0.163. The fourth-order valence-electron chi connectivity index (χ4n) is 2.11. The van der Waals surface area contributed by atoms with E-state index < -0.39 is 0 Å². The molecule has 2 atom stereocenters. The van der Waals surface area contributed by atoms with Gasteiger partial charge in [-0.2, -0.15) is 0 Å². The van der Waals surface area contributed by atoms with Crippen LogP contribution in [0.2, 0.25) is 0 Å². The summed E-state index contributed by atoms with van der Waals surface area (Å²) in [7, 11) is 0. The second-order valence-electron chi connectivity index (χ2n) is 4.17. The third-order valence-electron chi connectivity index (χ3n) is 3.00. The molecule has 0 aromatic heterocycles. The standard InChI is InChI=1S/C13H18O2/c1-2-10-5-3-4-6-13(10)15-12-8-7-11(14)9-12/h3-6,11-12,14H,2,7-9H2,1H3. The molecule has 0 radical (unpaired) electrons. The monoisotopic (exact) mass is 206 g/mol. The number of aryl methyl sites for hydroxylation is 1. The Morgan fingerprint density at radius 2 is 2.13 bits per heavy atom. The zero-order chi connectivity index (χ0) is 10.7. The van der Waals surface area contributed by atoms with Crippen molar-refractivity contribution in [1.82, 2.24) is 0 Å². The van der Waals surface area contributed by atoms with Gasteiger partial charge in [0.15, 0.2) is 0 Å². The highest BCUT2D eigenvalue weighted by Crippen LogP contribution is 2.27. The molecule has 0 saturated heterocycles. The Morgan fingerprint density at radius 3 is 2.80 bits per heavy atom. The van der Waals surface area contributed by atoms with E-state index in [-0.39, 0.29) is 12.2 Å². The van der Waals surface area contributed by atoms with E-state index in [1.54, 1.807) is 0 Å². The van der Waals surface area contributed by atoms with Gasteiger partial charge in [-0.1, -0.05) is 25.1 Å². The molecule has 1 aliphatic carbocycles. The largest absolute Gasteiger partial charge is 0.490 e. The lowest BCUT2D eigenvalue weighted by atomic mass is 10.1. The normalized spacial score (nSPS) is 25.5. The van der Waals surface area contributed by atoms with Crippen molar-refractivity contribution in [3.05, 3.63) is 29.8 Å². The lowest BCUT2D eigenvalue weighted by Crippen LogP contribution is -2.14. The van der Waals surface area contributed by atoms with E-state index in [0.717, 1.165) is 31.4 Å². The summed E-state index contributed by atoms with van der Waals surface area (Å²) in [6.07, 6.45) is 3.65. The van der Waals surface area contributed by atoms with E-state index in [4.69, 9.17) is 4.74 Å². The smallest absolute Gasteiger partial charge is 0.122 e. The minimum Gasteiger partial charge on any atom is -0.490 e. The quantitative estimate of drug-likeness (QED) is 0.823. The predicted octanol–water partition coefficient (Wildman–Crippen LogP) is 2.54. The number of aliphatic hydroxyl groups is 1. The highest BCUT2D eigenvalue weighted by Gasteiger charge is 2.24. The molecule has 1 aromatic carbocycles. The summed E-state index contributed by atoms with van der Waals surface area (Å²) in [5.41, 5.74) is 1.25. The lowest BCUT2D eigenvalue weighted by Gasteiger charge is -2.15. The molecule has 0 aliphatic heterocycles. The van der Waals surface area contributed by atoms with Gasteiger partial charge in [-0.3, -0.25) is 0 Å². The van der Waals surface area contributed by atoms with E-state index in [1.165, 1.54) is 5.56 Å². The van der Waals surface area contributed by atoms with Gasteiger partial charge in [-0.25, -0.2) is 0 Å². The van der Waals surface area contributed by atoms with E-state index >= 15 is 0 Å². The second kappa shape index (κ2) is 4.67. The molecule has 2 unspecified atom stereocenters. The molecule has 1 fully saturated rings. The average molecular weight is 206 g/mol. The SMILES string of the molecule is CCc1ccccc1OC1CCC(O)C1. The number of aliphatic hydroxyl groups excluding tert-OH is 1. The topological polar surface area (TPSA) is 29.5 Å². The number of rotatable bonds is 3. The van der Waals surface area contributed by atoms with Crippen LogP contribution in [0.1, 0.15) is 31.7 Å². The van der Waals surface area contributed by atoms with Crippen LogP contribution in [0.5, 0.6) is 5.75 Å². The lowest BCUT2D eigenvalue weighted by molar-refractivity contribution is 0.149. The fraction of sp³-hybridized carbons (Fsp3) is 0.538. The van der Waals surface area contributed by atoms with Gasteiger partial charge in [0.1, 0.15) is 11.9 Å². The Balaban J connectivity index is 2.04. The van der Waals surface area contributed by atoms with E-state index in [2.05, 4.69) is 13.0 Å². The predicted molar refractivity (Wildman–Crippen MR) is 60.1 cm³/mol. The van der Waals surface area contributed by atoms with Crippen LogP contribution < -0.4 is 4.74 Å². The van der Waals surface area contributed by atoms with E-state index in [1.807, 2.05) is 18.2 Å². The van der Waals surface area contributed by atoms with Crippen molar-refractivity contribution < 1.29 is 9.84 Å². The van der Waals surface area contributed by atoms with Crippen LogP contribution in [0, 0.1) is 0 Å². The number of hydrogen-bond acceptors (Lipinski definition) is 2. The van der Waals surface area contributed by atoms with Crippen LogP contribution >= 0.6 is 0 Å². The van der Waals surface area contributed by atoms with Crippen molar-refractivity contribution in [3.8, 4) is 5.75 Å². The summed E-state index contributed by atoms with van der Waals surface area (Å²) >= 11 is 0. The molecule has 2 nitrogen and oxygen atoms in total. The molecule has 0 heterocycles. The zero-order valence-corrected chi connectivity index (χ0v) is 9.15. The molecule has 1 aromatic rings. The summed E-state index contributed by atoms with van der Waals surface area (Å²) < 4.78 is 5.91. The van der Waals surface area contributed by atoms with Crippen LogP contribution in [0.3, 0.4) is 0 Å². The van der Waals surface area contributed by atoms with Crippen LogP contribution in [0.4, 0.5) is 0 Å². The first-order chi connectivity index (χ1) is 7.29. The molecule has 0 spiro atoms. The summed E-state index contributed by atoms with van der Waals surface area (Å²) in [6.45, 7) is 2.13. The Kier molecular flexibility index (Phi) is 3.27. The van der Waals surface area contributed by atoms with Crippen LogP contribution in [0.15, 0.2) is 24.3 Å². The third kappa shape index (κ3) is 2.51. The molecule has 82 valence electrons. The molecule has 0 amide bonds. The number of benzene rings is 1. The van der Waals surface area contributed by atoms with Gasteiger partial charge in [-0.05, 0) is 30.9 Å². The Hall–Kier alpha value is -1.02. The minimum absolute atomic E-state index is 0.163. The van der Waals surface area contributed by atoms with Crippen LogP contribution in [-0.2, 0) is 6.42 Å². The molecule has 1 saturated carbocycles. The van der Waals surface area contributed by atoms with Gasteiger partial charge in [0.05, 0.1) is 6.10 Å². The van der Waals surface area contributed by atoms with Crippen molar-refractivity contribution in [3.63, 3.8) is 0 Å². The number of hydrogen-bond donors (Lipinski definition) is 1. The molecule has 0 bridgehead atoms. The zero-order valence-electron chi connectivity index (χ0n) is 9.15. The molecule has 2 heteroatoms. The van der Waals surface area contributed by atoms with Crippen molar-refractivity contribution in [2.24, 2.45) is 0 Å². The van der Waals surface area contributed by atoms with E-state index in [9.17, 15) is 5.11 Å². The van der Waals surface area contributed by atoms with Gasteiger partial charge in [0, 0.05) is 6.42 Å².